The molecule has 110 valence electrons. The number of carbonyl (C=O) groups excluding carboxylic acids is 1. The summed E-state index contributed by atoms with van der Waals surface area (Å²) in [4.78, 5) is 24.7. The maximum atomic E-state index is 12.4. The zero-order valence-electron chi connectivity index (χ0n) is 11.9. The summed E-state index contributed by atoms with van der Waals surface area (Å²) in [5.74, 6) is -1.34. The van der Waals surface area contributed by atoms with Crippen LogP contribution in [0.15, 0.2) is 30.5 Å². The number of nitrogens with zero attached hydrogens (tertiary/aromatic N) is 4. The van der Waals surface area contributed by atoms with Gasteiger partial charge in [0.25, 0.3) is 0 Å². The Labute approximate surface area is 121 Å². The summed E-state index contributed by atoms with van der Waals surface area (Å²) in [7, 11) is 0. The smallest absolute Gasteiger partial charge is 0.358 e. The molecule has 1 aromatic heterocycles. The minimum atomic E-state index is -1.17. The molecule has 0 aliphatic rings. The van der Waals surface area contributed by atoms with Crippen molar-refractivity contribution >= 4 is 17.6 Å². The number of carboxylic acids is 1. The van der Waals surface area contributed by atoms with E-state index < -0.39 is 5.97 Å². The molecule has 0 saturated carbocycles. The number of aryl methyl sites for hydroxylation is 1. The third kappa shape index (κ3) is 3.25. The van der Waals surface area contributed by atoms with E-state index in [-0.39, 0.29) is 18.1 Å². The number of hydrogen-bond donors (Lipinski definition) is 1. The van der Waals surface area contributed by atoms with Gasteiger partial charge in [-0.3, -0.25) is 4.79 Å². The molecule has 0 saturated heterocycles. The van der Waals surface area contributed by atoms with Crippen molar-refractivity contribution in [2.75, 3.05) is 11.4 Å². The molecular weight excluding hydrogens is 272 g/mol. The molecule has 21 heavy (non-hydrogen) atoms. The molecule has 1 heterocycles. The number of carboxylic acid groups (broad SMARTS) is 1. The topological polar surface area (TPSA) is 88.3 Å². The molecule has 2 aromatic rings. The fraction of sp³-hybridized carbons (Fsp3) is 0.286. The third-order valence-corrected chi connectivity index (χ3v) is 3.08. The second-order valence-electron chi connectivity index (χ2n) is 4.53. The van der Waals surface area contributed by atoms with E-state index >= 15 is 0 Å². The van der Waals surface area contributed by atoms with E-state index in [1.807, 2.05) is 38.1 Å². The van der Waals surface area contributed by atoms with Crippen LogP contribution in [-0.2, 0) is 11.3 Å². The van der Waals surface area contributed by atoms with Gasteiger partial charge in [0.1, 0.15) is 6.54 Å². The predicted octanol–water partition coefficient (Wildman–Crippen LogP) is 1.34. The zero-order chi connectivity index (χ0) is 15.4. The minimum Gasteiger partial charge on any atom is -0.476 e. The highest BCUT2D eigenvalue weighted by atomic mass is 16.4. The Morgan fingerprint density at radius 2 is 2.05 bits per heavy atom. The van der Waals surface area contributed by atoms with Crippen LogP contribution in [0.4, 0.5) is 5.69 Å². The second kappa shape index (κ2) is 6.17. The molecule has 0 bridgehead atoms. The first kappa shape index (κ1) is 14.7. The molecule has 1 amide bonds. The van der Waals surface area contributed by atoms with Crippen molar-refractivity contribution in [3.05, 3.63) is 41.7 Å². The lowest BCUT2D eigenvalue weighted by Crippen LogP contribution is -2.34. The van der Waals surface area contributed by atoms with Crippen molar-refractivity contribution in [1.82, 2.24) is 15.0 Å². The van der Waals surface area contributed by atoms with E-state index in [4.69, 9.17) is 5.11 Å². The number of hydrogen-bond acceptors (Lipinski definition) is 4. The lowest BCUT2D eigenvalue weighted by molar-refractivity contribution is -0.119. The van der Waals surface area contributed by atoms with Crippen LogP contribution in [0.25, 0.3) is 0 Å². The van der Waals surface area contributed by atoms with Gasteiger partial charge in [0.15, 0.2) is 5.69 Å². The Balaban J connectivity index is 2.17. The molecule has 0 spiro atoms. The van der Waals surface area contributed by atoms with Crippen LogP contribution in [0.5, 0.6) is 0 Å². The fourth-order valence-electron chi connectivity index (χ4n) is 2.04. The number of rotatable bonds is 5. The summed E-state index contributed by atoms with van der Waals surface area (Å²) >= 11 is 0. The fourth-order valence-corrected chi connectivity index (χ4v) is 2.04. The first-order chi connectivity index (χ1) is 10.0. The maximum Gasteiger partial charge on any atom is 0.358 e. The Morgan fingerprint density at radius 1 is 1.33 bits per heavy atom. The molecule has 0 radical (unpaired) electrons. The molecule has 0 unspecified atom stereocenters. The molecular formula is C14H16N4O3. The number of para-hydroxylation sites is 1. The SMILES string of the molecule is CCN(C(=O)Cn1cc(C(=O)O)nn1)c1ccccc1C. The minimum absolute atomic E-state index is 0.0531. The first-order valence-electron chi connectivity index (χ1n) is 6.52. The van der Waals surface area contributed by atoms with Crippen LogP contribution >= 0.6 is 0 Å². The Hall–Kier alpha value is -2.70. The summed E-state index contributed by atoms with van der Waals surface area (Å²) in [6, 6.07) is 7.59. The molecule has 7 nitrogen and oxygen atoms in total. The summed E-state index contributed by atoms with van der Waals surface area (Å²) in [5, 5.41) is 15.9. The van der Waals surface area contributed by atoms with E-state index in [1.54, 1.807) is 4.90 Å². The van der Waals surface area contributed by atoms with Crippen LogP contribution in [0.1, 0.15) is 23.0 Å². The van der Waals surface area contributed by atoms with Gasteiger partial charge >= 0.3 is 5.97 Å². The van der Waals surface area contributed by atoms with E-state index in [2.05, 4.69) is 10.3 Å². The van der Waals surface area contributed by atoms with Crippen LogP contribution in [-0.4, -0.2) is 38.5 Å². The standard InChI is InChI=1S/C14H16N4O3/c1-3-18(12-7-5-4-6-10(12)2)13(19)9-17-8-11(14(20)21)15-16-17/h4-8H,3,9H2,1-2H3,(H,20,21). The van der Waals surface area contributed by atoms with Crippen LogP contribution in [0.3, 0.4) is 0 Å². The number of likely N-dealkylation sites (N-methyl/N-ethyl adjacent to an activating group) is 1. The van der Waals surface area contributed by atoms with Gasteiger partial charge in [-0.05, 0) is 25.5 Å². The molecule has 7 heteroatoms. The lowest BCUT2D eigenvalue weighted by Gasteiger charge is -2.22. The highest BCUT2D eigenvalue weighted by molar-refractivity contribution is 5.94. The van der Waals surface area contributed by atoms with E-state index in [0.29, 0.717) is 6.54 Å². The largest absolute Gasteiger partial charge is 0.476 e. The average Bonchev–Trinajstić information content (AvgIpc) is 2.90. The predicted molar refractivity (Wildman–Crippen MR) is 76.2 cm³/mol. The summed E-state index contributed by atoms with van der Waals surface area (Å²) in [6.45, 7) is 4.28. The number of aromatic carboxylic acids is 1. The summed E-state index contributed by atoms with van der Waals surface area (Å²) in [6.07, 6.45) is 1.24. The zero-order valence-corrected chi connectivity index (χ0v) is 11.9. The van der Waals surface area contributed by atoms with Gasteiger partial charge < -0.3 is 10.0 Å². The van der Waals surface area contributed by atoms with Crippen LogP contribution in [0.2, 0.25) is 0 Å². The van der Waals surface area contributed by atoms with Crippen molar-refractivity contribution < 1.29 is 14.7 Å². The van der Waals surface area contributed by atoms with Crippen molar-refractivity contribution in [2.24, 2.45) is 0 Å². The van der Waals surface area contributed by atoms with Gasteiger partial charge in [-0.2, -0.15) is 0 Å². The molecule has 0 aliphatic heterocycles. The average molecular weight is 288 g/mol. The molecule has 0 atom stereocenters. The quantitative estimate of drug-likeness (QED) is 0.896. The summed E-state index contributed by atoms with van der Waals surface area (Å²) in [5.41, 5.74) is 1.66. The number of carbonyl (C=O) groups is 2. The normalized spacial score (nSPS) is 10.4. The van der Waals surface area contributed by atoms with Crippen molar-refractivity contribution in [1.29, 1.82) is 0 Å². The Morgan fingerprint density at radius 3 is 2.62 bits per heavy atom. The van der Waals surface area contributed by atoms with Crippen molar-refractivity contribution in [3.63, 3.8) is 0 Å². The van der Waals surface area contributed by atoms with Crippen LogP contribution < -0.4 is 4.90 Å². The van der Waals surface area contributed by atoms with Gasteiger partial charge in [0.05, 0.1) is 6.20 Å². The molecule has 0 aliphatic carbocycles. The second-order valence-corrected chi connectivity index (χ2v) is 4.53. The lowest BCUT2D eigenvalue weighted by atomic mass is 10.2. The molecule has 0 fully saturated rings. The highest BCUT2D eigenvalue weighted by Crippen LogP contribution is 2.19. The monoisotopic (exact) mass is 288 g/mol. The Kier molecular flexibility index (Phi) is 4.32. The Bertz CT molecular complexity index is 666. The third-order valence-electron chi connectivity index (χ3n) is 3.08. The molecule has 1 aromatic carbocycles. The number of aromatic nitrogens is 3. The van der Waals surface area contributed by atoms with Crippen LogP contribution in [0, 0.1) is 6.92 Å². The number of amides is 1. The molecule has 2 rings (SSSR count). The van der Waals surface area contributed by atoms with Gasteiger partial charge in [-0.15, -0.1) is 5.10 Å². The highest BCUT2D eigenvalue weighted by Gasteiger charge is 2.17. The van der Waals surface area contributed by atoms with Crippen molar-refractivity contribution in [3.8, 4) is 0 Å². The molecule has 1 N–H and O–H groups in total. The van der Waals surface area contributed by atoms with Gasteiger partial charge in [0, 0.05) is 12.2 Å². The van der Waals surface area contributed by atoms with Gasteiger partial charge in [-0.1, -0.05) is 23.4 Å². The maximum absolute atomic E-state index is 12.4. The summed E-state index contributed by atoms with van der Waals surface area (Å²) < 4.78 is 1.23. The van der Waals surface area contributed by atoms with Crippen molar-refractivity contribution in [2.45, 2.75) is 20.4 Å². The van der Waals surface area contributed by atoms with E-state index in [0.717, 1.165) is 11.3 Å². The first-order valence-corrected chi connectivity index (χ1v) is 6.52. The van der Waals surface area contributed by atoms with Gasteiger partial charge in [-0.25, -0.2) is 9.48 Å². The number of anilines is 1. The van der Waals surface area contributed by atoms with Gasteiger partial charge in [0.2, 0.25) is 5.91 Å². The number of benzene rings is 1. The van der Waals surface area contributed by atoms with E-state index in [9.17, 15) is 9.59 Å². The van der Waals surface area contributed by atoms with E-state index in [1.165, 1.54) is 10.9 Å².